The van der Waals surface area contributed by atoms with Crippen LogP contribution in [0.3, 0.4) is 0 Å². The summed E-state index contributed by atoms with van der Waals surface area (Å²) in [5.41, 5.74) is 1.53. The first-order chi connectivity index (χ1) is 13.6. The quantitative estimate of drug-likeness (QED) is 0.555. The Balaban J connectivity index is 1.31. The van der Waals surface area contributed by atoms with Crippen molar-refractivity contribution >= 4 is 28.3 Å². The van der Waals surface area contributed by atoms with E-state index in [1.54, 1.807) is 24.4 Å². The zero-order chi connectivity index (χ0) is 19.5. The Morgan fingerprint density at radius 3 is 2.68 bits per heavy atom. The molecule has 0 spiro atoms. The second kappa shape index (κ2) is 8.49. The third-order valence-electron chi connectivity index (χ3n) is 5.08. The summed E-state index contributed by atoms with van der Waals surface area (Å²) in [5.74, 6) is -0.385. The number of anilines is 1. The number of aromatic nitrogens is 3. The zero-order valence-corrected chi connectivity index (χ0v) is 16.7. The SMILES string of the molecule is Fc1ccc(CCC2CCN(c3nc(-c4cc(Cl)ccn4)ns3)CC2)cc1F. The summed E-state index contributed by atoms with van der Waals surface area (Å²) in [4.78, 5) is 11.1. The molecule has 0 saturated carbocycles. The lowest BCUT2D eigenvalue weighted by molar-refractivity contribution is 0.381. The van der Waals surface area contributed by atoms with E-state index in [4.69, 9.17) is 11.6 Å². The van der Waals surface area contributed by atoms with Crippen molar-refractivity contribution in [2.45, 2.75) is 25.7 Å². The fraction of sp³-hybridized carbons (Fsp3) is 0.350. The standard InChI is InChI=1S/C20H19ClF2N4S/c21-15-5-8-24-18(12-15)19-25-20(28-26-19)27-9-6-13(7-10-27)1-2-14-3-4-16(22)17(23)11-14/h3-5,8,11-13H,1-2,6-7,9-10H2. The minimum absolute atomic E-state index is 0.575. The summed E-state index contributed by atoms with van der Waals surface area (Å²) in [5, 5.41) is 1.51. The van der Waals surface area contributed by atoms with Gasteiger partial charge in [-0.2, -0.15) is 9.36 Å². The molecule has 0 unspecified atom stereocenters. The van der Waals surface area contributed by atoms with Gasteiger partial charge in [-0.15, -0.1) is 0 Å². The van der Waals surface area contributed by atoms with Crippen LogP contribution in [0.15, 0.2) is 36.5 Å². The molecule has 0 radical (unpaired) electrons. The minimum Gasteiger partial charge on any atom is -0.347 e. The molecule has 1 saturated heterocycles. The van der Waals surface area contributed by atoms with Gasteiger partial charge >= 0.3 is 0 Å². The van der Waals surface area contributed by atoms with Gasteiger partial charge in [0.2, 0.25) is 5.13 Å². The zero-order valence-electron chi connectivity index (χ0n) is 15.1. The van der Waals surface area contributed by atoms with Gasteiger partial charge in [0.15, 0.2) is 17.5 Å². The van der Waals surface area contributed by atoms with Crippen molar-refractivity contribution in [2.75, 3.05) is 18.0 Å². The van der Waals surface area contributed by atoms with E-state index < -0.39 is 11.6 Å². The maximum Gasteiger partial charge on any atom is 0.205 e. The van der Waals surface area contributed by atoms with Gasteiger partial charge in [0.05, 0.1) is 0 Å². The van der Waals surface area contributed by atoms with Crippen molar-refractivity contribution in [1.82, 2.24) is 14.3 Å². The van der Waals surface area contributed by atoms with Crippen LogP contribution < -0.4 is 4.90 Å². The Morgan fingerprint density at radius 1 is 1.11 bits per heavy atom. The van der Waals surface area contributed by atoms with Gasteiger partial charge < -0.3 is 4.90 Å². The van der Waals surface area contributed by atoms with E-state index in [1.807, 2.05) is 0 Å². The maximum absolute atomic E-state index is 13.3. The third-order valence-corrected chi connectivity index (χ3v) is 6.09. The molecule has 3 aromatic rings. The maximum atomic E-state index is 13.3. The first-order valence-corrected chi connectivity index (χ1v) is 10.4. The van der Waals surface area contributed by atoms with Crippen molar-refractivity contribution in [3.05, 3.63) is 58.7 Å². The lowest BCUT2D eigenvalue weighted by Crippen LogP contribution is -2.33. The molecular formula is C20H19ClF2N4S. The topological polar surface area (TPSA) is 41.9 Å². The fourth-order valence-electron chi connectivity index (χ4n) is 3.45. The summed E-state index contributed by atoms with van der Waals surface area (Å²) in [6.07, 6.45) is 5.50. The van der Waals surface area contributed by atoms with Crippen LogP contribution in [-0.4, -0.2) is 27.4 Å². The molecule has 0 aliphatic carbocycles. The van der Waals surface area contributed by atoms with E-state index in [1.165, 1.54) is 23.7 Å². The van der Waals surface area contributed by atoms with Gasteiger partial charge in [0.1, 0.15) is 5.69 Å². The van der Waals surface area contributed by atoms with Crippen LogP contribution in [0.5, 0.6) is 0 Å². The Hall–Kier alpha value is -2.12. The number of rotatable bonds is 5. The molecule has 3 heterocycles. The summed E-state index contributed by atoms with van der Waals surface area (Å²) in [7, 11) is 0. The molecule has 8 heteroatoms. The van der Waals surface area contributed by atoms with E-state index in [2.05, 4.69) is 19.2 Å². The first-order valence-electron chi connectivity index (χ1n) is 9.23. The summed E-state index contributed by atoms with van der Waals surface area (Å²) < 4.78 is 30.8. The molecule has 1 fully saturated rings. The molecule has 1 aliphatic heterocycles. The van der Waals surface area contributed by atoms with E-state index in [0.29, 0.717) is 22.5 Å². The molecule has 1 aliphatic rings. The average molecular weight is 421 g/mol. The smallest absolute Gasteiger partial charge is 0.205 e. The number of nitrogens with zero attached hydrogens (tertiary/aromatic N) is 4. The minimum atomic E-state index is -0.790. The molecule has 28 heavy (non-hydrogen) atoms. The molecule has 1 aromatic carbocycles. The van der Waals surface area contributed by atoms with Crippen LogP contribution in [0.4, 0.5) is 13.9 Å². The molecule has 0 bridgehead atoms. The van der Waals surface area contributed by atoms with Crippen molar-refractivity contribution in [3.8, 4) is 11.5 Å². The summed E-state index contributed by atoms with van der Waals surface area (Å²) >= 11 is 7.39. The summed E-state index contributed by atoms with van der Waals surface area (Å²) in [6, 6.07) is 7.66. The molecule has 2 aromatic heterocycles. The molecule has 4 rings (SSSR count). The number of aryl methyl sites for hydroxylation is 1. The van der Waals surface area contributed by atoms with Crippen LogP contribution in [0, 0.1) is 17.6 Å². The second-order valence-electron chi connectivity index (χ2n) is 6.98. The van der Waals surface area contributed by atoms with Gasteiger partial charge in [0.25, 0.3) is 0 Å². The number of hydrogen-bond acceptors (Lipinski definition) is 5. The lowest BCUT2D eigenvalue weighted by Gasteiger charge is -2.31. The highest BCUT2D eigenvalue weighted by Crippen LogP contribution is 2.29. The number of benzene rings is 1. The Bertz CT molecular complexity index is 957. The highest BCUT2D eigenvalue weighted by atomic mass is 35.5. The number of piperidine rings is 1. The van der Waals surface area contributed by atoms with Gasteiger partial charge in [0, 0.05) is 35.8 Å². The number of hydrogen-bond donors (Lipinski definition) is 0. The molecule has 146 valence electrons. The molecule has 0 amide bonds. The molecule has 0 N–H and O–H groups in total. The fourth-order valence-corrected chi connectivity index (χ4v) is 4.34. The first kappa shape index (κ1) is 19.2. The van der Waals surface area contributed by atoms with E-state index in [0.717, 1.165) is 49.5 Å². The van der Waals surface area contributed by atoms with Crippen molar-refractivity contribution in [1.29, 1.82) is 0 Å². The van der Waals surface area contributed by atoms with E-state index in [-0.39, 0.29) is 0 Å². The largest absolute Gasteiger partial charge is 0.347 e. The van der Waals surface area contributed by atoms with Crippen LogP contribution in [-0.2, 0) is 6.42 Å². The second-order valence-corrected chi connectivity index (χ2v) is 8.14. The van der Waals surface area contributed by atoms with Gasteiger partial charge in [-0.05, 0) is 61.4 Å². The van der Waals surface area contributed by atoms with E-state index >= 15 is 0 Å². The predicted molar refractivity (Wildman–Crippen MR) is 108 cm³/mol. The Morgan fingerprint density at radius 2 is 1.93 bits per heavy atom. The number of pyridine rings is 1. The molecule has 4 nitrogen and oxygen atoms in total. The van der Waals surface area contributed by atoms with Gasteiger partial charge in [-0.25, -0.2) is 8.78 Å². The molecule has 0 atom stereocenters. The van der Waals surface area contributed by atoms with Crippen LogP contribution in [0.1, 0.15) is 24.8 Å². The average Bonchev–Trinajstić information content (AvgIpc) is 3.20. The van der Waals surface area contributed by atoms with Gasteiger partial charge in [-0.1, -0.05) is 17.7 Å². The van der Waals surface area contributed by atoms with Crippen molar-refractivity contribution < 1.29 is 8.78 Å². The number of halogens is 3. The van der Waals surface area contributed by atoms with Crippen molar-refractivity contribution in [2.24, 2.45) is 5.92 Å². The highest BCUT2D eigenvalue weighted by molar-refractivity contribution is 7.09. The van der Waals surface area contributed by atoms with Crippen LogP contribution in [0.2, 0.25) is 5.02 Å². The highest BCUT2D eigenvalue weighted by Gasteiger charge is 2.22. The van der Waals surface area contributed by atoms with Crippen molar-refractivity contribution in [3.63, 3.8) is 0 Å². The van der Waals surface area contributed by atoms with Gasteiger partial charge in [-0.3, -0.25) is 4.98 Å². The monoisotopic (exact) mass is 420 g/mol. The summed E-state index contributed by atoms with van der Waals surface area (Å²) in [6.45, 7) is 1.83. The Labute approximate surface area is 171 Å². The third kappa shape index (κ3) is 4.47. The Kier molecular flexibility index (Phi) is 5.82. The lowest BCUT2D eigenvalue weighted by atomic mass is 9.91. The van der Waals surface area contributed by atoms with E-state index in [9.17, 15) is 8.78 Å². The van der Waals surface area contributed by atoms with Crippen LogP contribution >= 0.6 is 23.1 Å². The van der Waals surface area contributed by atoms with Crippen LogP contribution in [0.25, 0.3) is 11.5 Å². The normalized spacial score (nSPS) is 15.2. The predicted octanol–water partition coefficient (Wildman–Crippen LogP) is 5.38. The molecular weight excluding hydrogens is 402 g/mol.